The van der Waals surface area contributed by atoms with Gasteiger partial charge in [-0.25, -0.2) is 9.67 Å². The van der Waals surface area contributed by atoms with Crippen LogP contribution < -0.4 is 0 Å². The van der Waals surface area contributed by atoms with Crippen molar-refractivity contribution in [1.82, 2.24) is 24.6 Å². The lowest BCUT2D eigenvalue weighted by Gasteiger charge is -2.33. The number of hydrogen-bond acceptors (Lipinski definition) is 4. The number of rotatable bonds is 4. The second-order valence-electron chi connectivity index (χ2n) is 7.48. The van der Waals surface area contributed by atoms with Crippen LogP contribution in [0.25, 0.3) is 5.69 Å². The Morgan fingerprint density at radius 3 is 2.36 bits per heavy atom. The van der Waals surface area contributed by atoms with Crippen LogP contribution in [0.2, 0.25) is 5.02 Å². The second kappa shape index (κ2) is 8.31. The van der Waals surface area contributed by atoms with Crippen molar-refractivity contribution in [3.63, 3.8) is 0 Å². The van der Waals surface area contributed by atoms with Gasteiger partial charge in [0, 0.05) is 37.1 Å². The van der Waals surface area contributed by atoms with Crippen LogP contribution in [0, 0.1) is 12.8 Å². The zero-order valence-electron chi connectivity index (χ0n) is 16.7. The van der Waals surface area contributed by atoms with E-state index in [9.17, 15) is 9.59 Å². The number of benzene rings is 1. The molecule has 0 bridgehead atoms. The molecule has 7 nitrogen and oxygen atoms in total. The zero-order valence-corrected chi connectivity index (χ0v) is 17.5. The van der Waals surface area contributed by atoms with E-state index in [0.29, 0.717) is 36.8 Å². The minimum absolute atomic E-state index is 0.0298. The van der Waals surface area contributed by atoms with Crippen LogP contribution in [0.5, 0.6) is 0 Å². The van der Waals surface area contributed by atoms with Gasteiger partial charge in [0.15, 0.2) is 0 Å². The normalized spacial score (nSPS) is 15.1. The fourth-order valence-corrected chi connectivity index (χ4v) is 3.45. The lowest BCUT2D eigenvalue weighted by Crippen LogP contribution is -2.45. The number of carbonyl (C=O) groups excluding carboxylic acids is 2. The van der Waals surface area contributed by atoms with Gasteiger partial charge >= 0.3 is 0 Å². The maximum absolute atomic E-state index is 12.8. The highest BCUT2D eigenvalue weighted by molar-refractivity contribution is 6.30. The van der Waals surface area contributed by atoms with Crippen LogP contribution in [0.15, 0.2) is 24.3 Å². The van der Waals surface area contributed by atoms with E-state index >= 15 is 0 Å². The molecule has 0 N–H and O–H groups in total. The van der Waals surface area contributed by atoms with Crippen LogP contribution in [0.3, 0.4) is 0 Å². The molecular formula is C20H26ClN5O2. The molecule has 28 heavy (non-hydrogen) atoms. The summed E-state index contributed by atoms with van der Waals surface area (Å²) in [5, 5.41) is 5.02. The Hall–Kier alpha value is -2.41. The summed E-state index contributed by atoms with van der Waals surface area (Å²) in [5.74, 6) is 0.741. The molecule has 2 heterocycles. The molecular weight excluding hydrogens is 378 g/mol. The smallest absolute Gasteiger partial charge is 0.293 e. The van der Waals surface area contributed by atoms with Crippen LogP contribution in [0.1, 0.15) is 43.1 Å². The fourth-order valence-electron chi connectivity index (χ4n) is 3.32. The van der Waals surface area contributed by atoms with E-state index in [1.54, 1.807) is 26.6 Å². The van der Waals surface area contributed by atoms with Gasteiger partial charge in [0.2, 0.25) is 11.7 Å². The van der Waals surface area contributed by atoms with Gasteiger partial charge in [0.25, 0.3) is 5.91 Å². The summed E-state index contributed by atoms with van der Waals surface area (Å²) in [6.45, 7) is 6.89. The predicted octanol–water partition coefficient (Wildman–Crippen LogP) is 2.95. The summed E-state index contributed by atoms with van der Waals surface area (Å²) in [5.41, 5.74) is 0.800. The van der Waals surface area contributed by atoms with E-state index in [-0.39, 0.29) is 29.6 Å². The minimum Gasteiger partial charge on any atom is -0.343 e. The van der Waals surface area contributed by atoms with Gasteiger partial charge in [-0.2, -0.15) is 0 Å². The third-order valence-corrected chi connectivity index (χ3v) is 5.54. The van der Waals surface area contributed by atoms with Crippen LogP contribution >= 0.6 is 11.6 Å². The summed E-state index contributed by atoms with van der Waals surface area (Å²) < 4.78 is 1.64. The molecule has 8 heteroatoms. The number of halogens is 1. The molecule has 2 aromatic rings. The first-order chi connectivity index (χ1) is 13.3. The number of likely N-dealkylation sites (tertiary alicyclic amines) is 1. The number of aromatic nitrogens is 3. The topological polar surface area (TPSA) is 71.3 Å². The van der Waals surface area contributed by atoms with Gasteiger partial charge < -0.3 is 9.80 Å². The molecule has 0 spiro atoms. The summed E-state index contributed by atoms with van der Waals surface area (Å²) in [6.07, 6.45) is 1.33. The van der Waals surface area contributed by atoms with Crippen molar-refractivity contribution in [2.24, 2.45) is 5.92 Å². The molecule has 2 amide bonds. The number of aryl methyl sites for hydroxylation is 1. The Bertz CT molecular complexity index is 854. The highest BCUT2D eigenvalue weighted by Gasteiger charge is 2.31. The third kappa shape index (κ3) is 4.19. The molecule has 0 radical (unpaired) electrons. The van der Waals surface area contributed by atoms with Gasteiger partial charge in [-0.05, 0) is 57.9 Å². The lowest BCUT2D eigenvalue weighted by molar-refractivity contribution is -0.137. The van der Waals surface area contributed by atoms with Crippen molar-refractivity contribution < 1.29 is 9.59 Å². The lowest BCUT2D eigenvalue weighted by atomic mass is 9.95. The Morgan fingerprint density at radius 1 is 1.18 bits per heavy atom. The SMILES string of the molecule is Cc1nc(C(=O)N2CCC(C(=O)N(C)C(C)C)CC2)nn1-c1ccc(Cl)cc1. The summed E-state index contributed by atoms with van der Waals surface area (Å²) in [4.78, 5) is 33.2. The van der Waals surface area contributed by atoms with Crippen LogP contribution in [-0.2, 0) is 4.79 Å². The Labute approximate surface area is 170 Å². The van der Waals surface area contributed by atoms with Gasteiger partial charge in [0.05, 0.1) is 5.69 Å². The predicted molar refractivity (Wildman–Crippen MR) is 108 cm³/mol. The van der Waals surface area contributed by atoms with Gasteiger partial charge in [-0.3, -0.25) is 9.59 Å². The Kier molecular flexibility index (Phi) is 6.03. The summed E-state index contributed by atoms with van der Waals surface area (Å²) >= 11 is 5.93. The van der Waals surface area contributed by atoms with E-state index in [1.165, 1.54) is 0 Å². The number of nitrogens with zero attached hydrogens (tertiary/aromatic N) is 5. The fraction of sp³-hybridized carbons (Fsp3) is 0.500. The van der Waals surface area contributed by atoms with E-state index in [0.717, 1.165) is 5.69 Å². The second-order valence-corrected chi connectivity index (χ2v) is 7.92. The molecule has 150 valence electrons. The average molecular weight is 404 g/mol. The van der Waals surface area contributed by atoms with Crippen molar-refractivity contribution in [2.75, 3.05) is 20.1 Å². The first-order valence-electron chi connectivity index (χ1n) is 9.53. The number of hydrogen-bond donors (Lipinski definition) is 0. The maximum atomic E-state index is 12.8. The van der Waals surface area contributed by atoms with Crippen molar-refractivity contribution in [3.8, 4) is 5.69 Å². The van der Waals surface area contributed by atoms with Crippen LogP contribution in [-0.4, -0.2) is 62.6 Å². The number of amides is 2. The van der Waals surface area contributed by atoms with Gasteiger partial charge in [-0.15, -0.1) is 5.10 Å². The molecule has 0 atom stereocenters. The molecule has 0 saturated carbocycles. The molecule has 1 aromatic carbocycles. The molecule has 1 aliphatic heterocycles. The van der Waals surface area contributed by atoms with Crippen molar-refractivity contribution in [1.29, 1.82) is 0 Å². The quantitative estimate of drug-likeness (QED) is 0.786. The average Bonchev–Trinajstić information content (AvgIpc) is 3.08. The highest BCUT2D eigenvalue weighted by atomic mass is 35.5. The minimum atomic E-state index is -0.195. The largest absolute Gasteiger partial charge is 0.343 e. The van der Waals surface area contributed by atoms with E-state index in [1.807, 2.05) is 40.0 Å². The Morgan fingerprint density at radius 2 is 1.79 bits per heavy atom. The molecule has 1 saturated heterocycles. The monoisotopic (exact) mass is 403 g/mol. The first-order valence-corrected chi connectivity index (χ1v) is 9.91. The van der Waals surface area contributed by atoms with Crippen molar-refractivity contribution in [2.45, 2.75) is 39.7 Å². The zero-order chi connectivity index (χ0) is 20.4. The molecule has 3 rings (SSSR count). The Balaban J connectivity index is 1.67. The number of piperidine rings is 1. The number of carbonyl (C=O) groups is 2. The van der Waals surface area contributed by atoms with Gasteiger partial charge in [-0.1, -0.05) is 11.6 Å². The van der Waals surface area contributed by atoms with Crippen molar-refractivity contribution in [3.05, 3.63) is 40.9 Å². The van der Waals surface area contributed by atoms with E-state index < -0.39 is 0 Å². The molecule has 1 aliphatic rings. The van der Waals surface area contributed by atoms with Crippen molar-refractivity contribution >= 4 is 23.4 Å². The van der Waals surface area contributed by atoms with Gasteiger partial charge in [0.1, 0.15) is 5.82 Å². The standard InChI is InChI=1S/C20H26ClN5O2/c1-13(2)24(4)19(27)15-9-11-25(12-10-15)20(28)18-22-14(3)26(23-18)17-7-5-16(21)6-8-17/h5-8,13,15H,9-12H2,1-4H3. The molecule has 0 aliphatic carbocycles. The molecule has 1 fully saturated rings. The summed E-state index contributed by atoms with van der Waals surface area (Å²) in [6, 6.07) is 7.39. The van der Waals surface area contributed by atoms with E-state index in [4.69, 9.17) is 11.6 Å². The van der Waals surface area contributed by atoms with E-state index in [2.05, 4.69) is 10.1 Å². The highest BCUT2D eigenvalue weighted by Crippen LogP contribution is 2.22. The van der Waals surface area contributed by atoms with Crippen LogP contribution in [0.4, 0.5) is 0 Å². The third-order valence-electron chi connectivity index (χ3n) is 5.29. The molecule has 0 unspecified atom stereocenters. The maximum Gasteiger partial charge on any atom is 0.293 e. The molecule has 1 aromatic heterocycles. The first kappa shape index (κ1) is 20.3. The summed E-state index contributed by atoms with van der Waals surface area (Å²) in [7, 11) is 1.83.